The summed E-state index contributed by atoms with van der Waals surface area (Å²) in [5, 5.41) is 9.26. The van der Waals surface area contributed by atoms with E-state index < -0.39 is 13.4 Å². The van der Waals surface area contributed by atoms with Crippen LogP contribution in [0.5, 0.6) is 11.5 Å². The second-order valence-corrected chi connectivity index (χ2v) is 1.67. The van der Waals surface area contributed by atoms with Crippen LogP contribution in [0.1, 0.15) is 13.7 Å². The molecule has 0 bridgehead atoms. The van der Waals surface area contributed by atoms with Gasteiger partial charge in [0.1, 0.15) is 0 Å². The van der Waals surface area contributed by atoms with Gasteiger partial charge < -0.3 is 9.84 Å². The van der Waals surface area contributed by atoms with Gasteiger partial charge in [0.15, 0.2) is 11.5 Å². The maximum Gasteiger partial charge on any atom is 0.160 e. The van der Waals surface area contributed by atoms with Crippen LogP contribution in [0.2, 0.25) is 0 Å². The van der Waals surface area contributed by atoms with E-state index in [2.05, 4.69) is 4.74 Å². The molecule has 0 fully saturated rings. The molecule has 0 aliphatic carbocycles. The first-order valence-corrected chi connectivity index (χ1v) is 2.71. The lowest BCUT2D eigenvalue weighted by molar-refractivity contribution is 0.318. The minimum Gasteiger partial charge on any atom is -0.504 e. The number of hydrogen-bond donors (Lipinski definition) is 1. The van der Waals surface area contributed by atoms with Crippen LogP contribution in [0.25, 0.3) is 0 Å². The second kappa shape index (κ2) is 3.11. The van der Waals surface area contributed by atoms with E-state index >= 15 is 0 Å². The van der Waals surface area contributed by atoms with Crippen molar-refractivity contribution < 1.29 is 16.7 Å². The molecular formula is C8H10O2. The molecule has 0 heterocycles. The van der Waals surface area contributed by atoms with Gasteiger partial charge in [0.05, 0.1) is 9.30 Å². The van der Waals surface area contributed by atoms with Gasteiger partial charge in [-0.05, 0) is 19.0 Å². The maximum atomic E-state index is 9.26. The third-order valence-electron chi connectivity index (χ3n) is 1.03. The summed E-state index contributed by atoms with van der Waals surface area (Å²) < 4.78 is 39.7. The van der Waals surface area contributed by atoms with Crippen molar-refractivity contribution in [3.8, 4) is 11.5 Å². The van der Waals surface area contributed by atoms with E-state index in [1.807, 2.05) is 0 Å². The van der Waals surface area contributed by atoms with Crippen LogP contribution >= 0.6 is 0 Å². The summed E-state index contributed by atoms with van der Waals surface area (Å²) in [6.07, 6.45) is 0. The first-order chi connectivity index (χ1) is 6.74. The van der Waals surface area contributed by atoms with E-state index in [4.69, 9.17) is 6.85 Å². The van der Waals surface area contributed by atoms with Gasteiger partial charge in [0.25, 0.3) is 0 Å². The Morgan fingerprint density at radius 2 is 2.50 bits per heavy atom. The van der Waals surface area contributed by atoms with E-state index in [1.165, 1.54) is 24.3 Å². The lowest BCUT2D eigenvalue weighted by Crippen LogP contribution is -1.90. The van der Waals surface area contributed by atoms with Gasteiger partial charge in [-0.3, -0.25) is 0 Å². The topological polar surface area (TPSA) is 29.5 Å². The summed E-state index contributed by atoms with van der Waals surface area (Å²) in [5.74, 6) is -0.496. The normalized spacial score (nSPS) is 19.4. The van der Waals surface area contributed by atoms with Gasteiger partial charge in [0, 0.05) is 4.11 Å². The van der Waals surface area contributed by atoms with Crippen molar-refractivity contribution in [3.05, 3.63) is 24.3 Å². The van der Waals surface area contributed by atoms with Crippen molar-refractivity contribution in [3.63, 3.8) is 0 Å². The fourth-order valence-corrected chi connectivity index (χ4v) is 0.598. The fourth-order valence-electron chi connectivity index (χ4n) is 0.598. The van der Waals surface area contributed by atoms with Gasteiger partial charge in [0.2, 0.25) is 0 Å². The Morgan fingerprint density at radius 3 is 3.20 bits per heavy atom. The lowest BCUT2D eigenvalue weighted by Gasteiger charge is -2.02. The molecule has 0 saturated carbocycles. The molecular weight excluding hydrogens is 128 g/mol. The van der Waals surface area contributed by atoms with Crippen LogP contribution < -0.4 is 4.74 Å². The molecule has 0 aromatic heterocycles. The summed E-state index contributed by atoms with van der Waals surface area (Å²) in [6.45, 7) is -5.74. The molecule has 1 aromatic carbocycles. The number of para-hydroxylation sites is 2. The molecule has 54 valence electrons. The van der Waals surface area contributed by atoms with Crippen molar-refractivity contribution in [1.82, 2.24) is 0 Å². The minimum atomic E-state index is -2.91. The zero-order chi connectivity index (χ0) is 11.7. The molecule has 0 unspecified atom stereocenters. The molecule has 0 spiro atoms. The predicted octanol–water partition coefficient (Wildman–Crippen LogP) is 1.79. The van der Waals surface area contributed by atoms with Gasteiger partial charge in [-0.15, -0.1) is 0 Å². The van der Waals surface area contributed by atoms with Crippen molar-refractivity contribution in [1.29, 1.82) is 0 Å². The molecule has 2 nitrogen and oxygen atoms in total. The molecule has 0 amide bonds. The van der Waals surface area contributed by atoms with Crippen LogP contribution in [0, 0.1) is 0 Å². The Balaban J connectivity index is 2.92. The van der Waals surface area contributed by atoms with Crippen LogP contribution in [0.15, 0.2) is 24.3 Å². The van der Waals surface area contributed by atoms with Gasteiger partial charge in [-0.25, -0.2) is 0 Å². The van der Waals surface area contributed by atoms with Gasteiger partial charge >= 0.3 is 0 Å². The highest BCUT2D eigenvalue weighted by Crippen LogP contribution is 2.23. The van der Waals surface area contributed by atoms with E-state index in [9.17, 15) is 5.11 Å². The Bertz CT molecular complexity index is 347. The monoisotopic (exact) mass is 143 g/mol. The molecule has 0 aliphatic heterocycles. The molecule has 0 radical (unpaired) electrons. The van der Waals surface area contributed by atoms with Crippen LogP contribution in [0.3, 0.4) is 0 Å². The average Bonchev–Trinajstić information content (AvgIpc) is 2.06. The first kappa shape index (κ1) is 2.82. The number of benzene rings is 1. The van der Waals surface area contributed by atoms with Crippen molar-refractivity contribution in [2.24, 2.45) is 0 Å². The average molecular weight is 143 g/mol. The molecule has 10 heavy (non-hydrogen) atoms. The van der Waals surface area contributed by atoms with Crippen molar-refractivity contribution in [2.75, 3.05) is 6.56 Å². The zero-order valence-corrected chi connectivity index (χ0v) is 5.16. The van der Waals surface area contributed by atoms with Gasteiger partial charge in [-0.1, -0.05) is 12.1 Å². The minimum absolute atomic E-state index is 0.196. The molecule has 0 aliphatic rings. The van der Waals surface area contributed by atoms with E-state index in [0.29, 0.717) is 0 Å². The molecule has 0 atom stereocenters. The van der Waals surface area contributed by atoms with Crippen LogP contribution in [-0.2, 0) is 0 Å². The largest absolute Gasteiger partial charge is 0.504 e. The predicted molar refractivity (Wildman–Crippen MR) is 39.3 cm³/mol. The van der Waals surface area contributed by atoms with Crippen LogP contribution in [0.4, 0.5) is 0 Å². The third-order valence-corrected chi connectivity index (χ3v) is 1.03. The summed E-state index contributed by atoms with van der Waals surface area (Å²) >= 11 is 0. The number of ether oxygens (including phenoxy) is 1. The second-order valence-electron chi connectivity index (χ2n) is 1.67. The number of phenolic OH excluding ortho intramolecular Hbond substituents is 1. The Morgan fingerprint density at radius 1 is 1.70 bits per heavy atom. The number of aromatic hydroxyl groups is 1. The number of hydrogen-bond acceptors (Lipinski definition) is 2. The highest BCUT2D eigenvalue weighted by molar-refractivity contribution is 5.37. The summed E-state index contributed by atoms with van der Waals surface area (Å²) in [5.41, 5.74) is 0. The highest BCUT2D eigenvalue weighted by atomic mass is 16.5. The Labute approximate surface area is 67.1 Å². The zero-order valence-electron chi connectivity index (χ0n) is 10.2. The Kier molecular flexibility index (Phi) is 0.877. The van der Waals surface area contributed by atoms with Crippen molar-refractivity contribution in [2.45, 2.75) is 6.85 Å². The Hall–Kier alpha value is -1.18. The first-order valence-electron chi connectivity index (χ1n) is 5.21. The van der Waals surface area contributed by atoms with Crippen molar-refractivity contribution >= 4 is 0 Å². The molecule has 1 N–H and O–H groups in total. The maximum absolute atomic E-state index is 9.26. The molecule has 0 saturated heterocycles. The molecule has 2 heteroatoms. The highest BCUT2D eigenvalue weighted by Gasteiger charge is 1.96. The number of rotatable bonds is 2. The molecule has 1 aromatic rings. The quantitative estimate of drug-likeness (QED) is 0.684. The molecule has 1 rings (SSSR count). The number of phenols is 1. The van der Waals surface area contributed by atoms with E-state index in [-0.39, 0.29) is 11.5 Å². The lowest BCUT2D eigenvalue weighted by atomic mass is 10.3. The fraction of sp³-hybridized carbons (Fsp3) is 0.250. The summed E-state index contributed by atoms with van der Waals surface area (Å²) in [6, 6.07) is 5.60. The van der Waals surface area contributed by atoms with E-state index in [0.717, 1.165) is 0 Å². The SMILES string of the molecule is [2H]C([2H])([2H])C([2H])([2H])Oc1ccccc1O. The van der Waals surface area contributed by atoms with Crippen LogP contribution in [-0.4, -0.2) is 11.7 Å². The van der Waals surface area contributed by atoms with E-state index in [1.54, 1.807) is 0 Å². The standard InChI is InChI=1S/C8H10O2/c1-2-10-8-6-4-3-5-7(8)9/h3-6,9H,2H2,1H3/i1D3,2D2. The smallest absolute Gasteiger partial charge is 0.160 e. The van der Waals surface area contributed by atoms with Gasteiger partial charge in [-0.2, -0.15) is 0 Å². The summed E-state index contributed by atoms with van der Waals surface area (Å²) in [7, 11) is 0. The third kappa shape index (κ3) is 1.41. The summed E-state index contributed by atoms with van der Waals surface area (Å²) in [4.78, 5) is 0.